The minimum Gasteiger partial charge on any atom is -0.376 e. The zero-order chi connectivity index (χ0) is 19.2. The maximum absolute atomic E-state index is 12.3. The maximum Gasteiger partial charge on any atom is 0.225 e. The van der Waals surface area contributed by atoms with Crippen LogP contribution in [0.1, 0.15) is 36.1 Å². The number of carbonyl (C=O) groups is 1. The first kappa shape index (κ1) is 18.6. The van der Waals surface area contributed by atoms with E-state index in [4.69, 9.17) is 9.72 Å². The van der Waals surface area contributed by atoms with E-state index in [-0.39, 0.29) is 11.9 Å². The molecule has 1 amide bonds. The van der Waals surface area contributed by atoms with Gasteiger partial charge in [-0.25, -0.2) is 9.97 Å². The van der Waals surface area contributed by atoms with E-state index < -0.39 is 0 Å². The van der Waals surface area contributed by atoms with Gasteiger partial charge < -0.3 is 15.0 Å². The Balaban J connectivity index is 1.31. The van der Waals surface area contributed by atoms with Crippen LogP contribution in [0.3, 0.4) is 0 Å². The van der Waals surface area contributed by atoms with Crippen molar-refractivity contribution < 1.29 is 9.53 Å². The second-order valence-electron chi connectivity index (χ2n) is 7.31. The number of benzene rings is 1. The van der Waals surface area contributed by atoms with Crippen molar-refractivity contribution in [3.63, 3.8) is 0 Å². The summed E-state index contributed by atoms with van der Waals surface area (Å²) in [6.07, 6.45) is 9.02. The smallest absolute Gasteiger partial charge is 0.225 e. The Morgan fingerprint density at radius 3 is 3.11 bits per heavy atom. The number of hydrogen-bond donors (Lipinski definition) is 1. The zero-order valence-electron chi connectivity index (χ0n) is 16.0. The summed E-state index contributed by atoms with van der Waals surface area (Å²) in [6, 6.07) is 10.2. The molecule has 1 aromatic carbocycles. The summed E-state index contributed by atoms with van der Waals surface area (Å²) in [6.45, 7) is 3.00. The van der Waals surface area contributed by atoms with Crippen LogP contribution in [0, 0.1) is 0 Å². The lowest BCUT2D eigenvalue weighted by molar-refractivity contribution is -0.121. The average Bonchev–Trinajstić information content (AvgIpc) is 2.74. The number of ether oxygens (including phenoxy) is 1. The molecule has 0 spiro atoms. The first-order valence-electron chi connectivity index (χ1n) is 9.96. The number of fused-ring (bicyclic) bond motifs is 1. The highest BCUT2D eigenvalue weighted by Gasteiger charge is 2.24. The van der Waals surface area contributed by atoms with Crippen LogP contribution >= 0.6 is 0 Å². The van der Waals surface area contributed by atoms with Crippen molar-refractivity contribution in [1.29, 1.82) is 0 Å². The van der Waals surface area contributed by atoms with Gasteiger partial charge in [0, 0.05) is 43.7 Å². The van der Waals surface area contributed by atoms with Crippen LogP contribution in [-0.4, -0.2) is 41.6 Å². The maximum atomic E-state index is 12.3. The van der Waals surface area contributed by atoms with Crippen LogP contribution in [0.4, 0.5) is 5.95 Å². The van der Waals surface area contributed by atoms with Gasteiger partial charge in [-0.2, -0.15) is 0 Å². The molecule has 28 heavy (non-hydrogen) atoms. The molecule has 0 radical (unpaired) electrons. The third kappa shape index (κ3) is 4.75. The molecule has 4 rings (SSSR count). The number of piperidine rings is 1. The Morgan fingerprint density at radius 1 is 1.32 bits per heavy atom. The Hall–Kier alpha value is -2.73. The highest BCUT2D eigenvalue weighted by atomic mass is 16.5. The van der Waals surface area contributed by atoms with Gasteiger partial charge in [-0.3, -0.25) is 4.79 Å². The van der Waals surface area contributed by atoms with Crippen molar-refractivity contribution in [2.45, 2.75) is 38.3 Å². The minimum atomic E-state index is 0.0579. The first-order chi connectivity index (χ1) is 13.8. The quantitative estimate of drug-likeness (QED) is 0.867. The lowest BCUT2D eigenvalue weighted by Crippen LogP contribution is -2.48. The molecule has 0 saturated carbocycles. The summed E-state index contributed by atoms with van der Waals surface area (Å²) in [4.78, 5) is 23.8. The fourth-order valence-electron chi connectivity index (χ4n) is 3.70. The monoisotopic (exact) mass is 378 g/mol. The molecule has 1 N–H and O–H groups in total. The van der Waals surface area contributed by atoms with Crippen LogP contribution in [0.2, 0.25) is 0 Å². The number of aromatic nitrogens is 2. The van der Waals surface area contributed by atoms with Gasteiger partial charge in [0.15, 0.2) is 0 Å². The Bertz CT molecular complexity index is 838. The average molecular weight is 378 g/mol. The summed E-state index contributed by atoms with van der Waals surface area (Å²) in [7, 11) is 0. The molecule has 1 atom stereocenters. The van der Waals surface area contributed by atoms with Gasteiger partial charge in [-0.1, -0.05) is 42.5 Å². The highest BCUT2D eigenvalue weighted by Crippen LogP contribution is 2.20. The van der Waals surface area contributed by atoms with Gasteiger partial charge in [-0.05, 0) is 18.4 Å². The SMILES string of the molecule is O=C(C/C=C/c1ccccc1)NC1CCCN(c2ncc3c(n2)CCOC3)C1. The van der Waals surface area contributed by atoms with E-state index in [1.54, 1.807) is 0 Å². The molecule has 1 fully saturated rings. The number of rotatable bonds is 5. The molecule has 0 bridgehead atoms. The van der Waals surface area contributed by atoms with Gasteiger partial charge in [0.1, 0.15) is 0 Å². The van der Waals surface area contributed by atoms with E-state index in [1.165, 1.54) is 0 Å². The number of hydrogen-bond acceptors (Lipinski definition) is 5. The van der Waals surface area contributed by atoms with Crippen molar-refractivity contribution in [2.75, 3.05) is 24.6 Å². The summed E-state index contributed by atoms with van der Waals surface area (Å²) in [5.74, 6) is 0.825. The van der Waals surface area contributed by atoms with Gasteiger partial charge >= 0.3 is 0 Å². The number of nitrogens with one attached hydrogen (secondary N) is 1. The lowest BCUT2D eigenvalue weighted by atomic mass is 10.1. The minimum absolute atomic E-state index is 0.0579. The van der Waals surface area contributed by atoms with E-state index in [9.17, 15) is 4.79 Å². The van der Waals surface area contributed by atoms with Crippen molar-refractivity contribution in [2.24, 2.45) is 0 Å². The topological polar surface area (TPSA) is 67.4 Å². The molecule has 3 heterocycles. The Morgan fingerprint density at radius 2 is 2.21 bits per heavy atom. The standard InChI is InChI=1S/C22H26N4O2/c27-21(10-4-8-17-6-2-1-3-7-17)24-19-9-5-12-26(15-19)22-23-14-18-16-28-13-11-20(18)25-22/h1-4,6-8,14,19H,5,9-13,15-16H2,(H,24,27)/b8-4+. The lowest BCUT2D eigenvalue weighted by Gasteiger charge is -2.33. The summed E-state index contributed by atoms with van der Waals surface area (Å²) in [5, 5.41) is 3.16. The molecular formula is C22H26N4O2. The van der Waals surface area contributed by atoms with E-state index in [0.29, 0.717) is 13.0 Å². The Labute approximate surface area is 165 Å². The van der Waals surface area contributed by atoms with E-state index in [0.717, 1.165) is 61.7 Å². The number of carbonyl (C=O) groups excluding carboxylic acids is 1. The molecule has 146 valence electrons. The van der Waals surface area contributed by atoms with Crippen LogP contribution < -0.4 is 10.2 Å². The van der Waals surface area contributed by atoms with Crippen molar-refractivity contribution in [3.8, 4) is 0 Å². The third-order valence-electron chi connectivity index (χ3n) is 5.16. The number of nitrogens with zero attached hydrogens (tertiary/aromatic N) is 3. The normalized spacial score (nSPS) is 19.4. The first-order valence-corrected chi connectivity index (χ1v) is 9.96. The second kappa shape index (κ2) is 8.97. The predicted octanol–water partition coefficient (Wildman–Crippen LogP) is 2.74. The van der Waals surface area contributed by atoms with Crippen molar-refractivity contribution >= 4 is 17.9 Å². The second-order valence-corrected chi connectivity index (χ2v) is 7.31. The van der Waals surface area contributed by atoms with Gasteiger partial charge in [0.05, 0.1) is 18.9 Å². The largest absolute Gasteiger partial charge is 0.376 e. The van der Waals surface area contributed by atoms with Crippen molar-refractivity contribution in [3.05, 3.63) is 59.4 Å². The fraction of sp³-hybridized carbons (Fsp3) is 0.409. The summed E-state index contributed by atoms with van der Waals surface area (Å²) in [5.41, 5.74) is 3.28. The Kier molecular flexibility index (Phi) is 5.97. The molecule has 0 aliphatic carbocycles. The third-order valence-corrected chi connectivity index (χ3v) is 5.16. The molecule has 2 aliphatic heterocycles. The number of anilines is 1. The molecule has 6 heteroatoms. The van der Waals surface area contributed by atoms with Gasteiger partial charge in [0.2, 0.25) is 11.9 Å². The van der Waals surface area contributed by atoms with Gasteiger partial charge in [-0.15, -0.1) is 0 Å². The van der Waals surface area contributed by atoms with Crippen LogP contribution in [0.5, 0.6) is 0 Å². The number of amides is 1. The molecule has 2 aliphatic rings. The fourth-order valence-corrected chi connectivity index (χ4v) is 3.70. The molecular weight excluding hydrogens is 352 g/mol. The summed E-state index contributed by atoms with van der Waals surface area (Å²) < 4.78 is 5.46. The molecule has 6 nitrogen and oxygen atoms in total. The van der Waals surface area contributed by atoms with Crippen LogP contribution in [-0.2, 0) is 22.6 Å². The van der Waals surface area contributed by atoms with Crippen molar-refractivity contribution in [1.82, 2.24) is 15.3 Å². The zero-order valence-corrected chi connectivity index (χ0v) is 16.0. The van der Waals surface area contributed by atoms with Crippen LogP contribution in [0.15, 0.2) is 42.6 Å². The molecule has 1 aromatic heterocycles. The molecule has 1 saturated heterocycles. The van der Waals surface area contributed by atoms with E-state index >= 15 is 0 Å². The van der Waals surface area contributed by atoms with Gasteiger partial charge in [0.25, 0.3) is 0 Å². The molecule has 1 unspecified atom stereocenters. The van der Waals surface area contributed by atoms with E-state index in [2.05, 4.69) is 15.2 Å². The summed E-state index contributed by atoms with van der Waals surface area (Å²) >= 11 is 0. The van der Waals surface area contributed by atoms with Crippen LogP contribution in [0.25, 0.3) is 6.08 Å². The molecule has 2 aromatic rings. The van der Waals surface area contributed by atoms with E-state index in [1.807, 2.05) is 48.7 Å². The highest BCUT2D eigenvalue weighted by molar-refractivity contribution is 5.78. The predicted molar refractivity (Wildman–Crippen MR) is 109 cm³/mol.